The van der Waals surface area contributed by atoms with Crippen molar-refractivity contribution in [2.45, 2.75) is 38.5 Å². The van der Waals surface area contributed by atoms with E-state index < -0.39 is 23.7 Å². The van der Waals surface area contributed by atoms with Crippen LogP contribution in [-0.4, -0.2) is 60.2 Å². The van der Waals surface area contributed by atoms with Crippen LogP contribution in [0, 0.1) is 0 Å². The molecule has 32 heavy (non-hydrogen) atoms. The topological polar surface area (TPSA) is 59.1 Å². The monoisotopic (exact) mass is 478 g/mol. The van der Waals surface area contributed by atoms with Crippen molar-refractivity contribution >= 4 is 35.3 Å². The minimum Gasteiger partial charge on any atom is -0.468 e. The van der Waals surface area contributed by atoms with E-state index in [-0.39, 0.29) is 12.6 Å². The maximum atomic E-state index is 12.8. The zero-order chi connectivity index (χ0) is 23.5. The molecule has 1 amide bonds. The van der Waals surface area contributed by atoms with Crippen LogP contribution in [0.1, 0.15) is 37.9 Å². The molecule has 1 aliphatic rings. The molecule has 0 aromatic heterocycles. The number of methoxy groups -OCH3 is 1. The Morgan fingerprint density at radius 3 is 1.88 bits per heavy atom. The predicted octanol–water partition coefficient (Wildman–Crippen LogP) is 5.18. The smallest absolute Gasteiger partial charge is 0.410 e. The first-order valence-corrected chi connectivity index (χ1v) is 11.2. The Morgan fingerprint density at radius 2 is 1.44 bits per heavy atom. The highest BCUT2D eigenvalue weighted by Crippen LogP contribution is 2.34. The number of benzene rings is 2. The van der Waals surface area contributed by atoms with Crippen LogP contribution in [0.4, 0.5) is 4.79 Å². The summed E-state index contributed by atoms with van der Waals surface area (Å²) in [4.78, 5) is 29.1. The van der Waals surface area contributed by atoms with Gasteiger partial charge in [-0.2, -0.15) is 0 Å². The van der Waals surface area contributed by atoms with Crippen LogP contribution < -0.4 is 0 Å². The van der Waals surface area contributed by atoms with Crippen molar-refractivity contribution in [3.8, 4) is 0 Å². The number of nitrogens with zero attached hydrogens (tertiary/aromatic N) is 2. The van der Waals surface area contributed by atoms with Crippen molar-refractivity contribution in [2.75, 3.05) is 26.7 Å². The predicted molar refractivity (Wildman–Crippen MR) is 125 cm³/mol. The van der Waals surface area contributed by atoms with Crippen molar-refractivity contribution in [1.82, 2.24) is 9.80 Å². The quantitative estimate of drug-likeness (QED) is 0.566. The van der Waals surface area contributed by atoms with Gasteiger partial charge in [0, 0.05) is 23.1 Å². The van der Waals surface area contributed by atoms with Crippen LogP contribution in [0.25, 0.3) is 0 Å². The van der Waals surface area contributed by atoms with Gasteiger partial charge in [-0.1, -0.05) is 47.5 Å². The summed E-state index contributed by atoms with van der Waals surface area (Å²) in [5.74, 6) is -0.411. The third-order valence-corrected chi connectivity index (χ3v) is 5.75. The van der Waals surface area contributed by atoms with E-state index in [0.29, 0.717) is 23.1 Å². The molecule has 6 nitrogen and oxygen atoms in total. The molecule has 8 heteroatoms. The summed E-state index contributed by atoms with van der Waals surface area (Å²) >= 11 is 12.2. The van der Waals surface area contributed by atoms with Crippen LogP contribution in [0.3, 0.4) is 0 Å². The fourth-order valence-electron chi connectivity index (χ4n) is 3.81. The molecule has 1 atom stereocenters. The molecule has 0 N–H and O–H groups in total. The number of ether oxygens (including phenoxy) is 2. The van der Waals surface area contributed by atoms with E-state index in [1.807, 2.05) is 69.3 Å². The third kappa shape index (κ3) is 5.94. The van der Waals surface area contributed by atoms with E-state index in [4.69, 9.17) is 32.7 Å². The highest BCUT2D eigenvalue weighted by Gasteiger charge is 2.40. The van der Waals surface area contributed by atoms with Gasteiger partial charge in [0.1, 0.15) is 11.6 Å². The zero-order valence-corrected chi connectivity index (χ0v) is 20.2. The van der Waals surface area contributed by atoms with Crippen LogP contribution in [0.2, 0.25) is 10.0 Å². The lowest BCUT2D eigenvalue weighted by molar-refractivity contribution is -0.150. The number of rotatable bonds is 4. The second-order valence-electron chi connectivity index (χ2n) is 8.71. The summed E-state index contributed by atoms with van der Waals surface area (Å²) in [5.41, 5.74) is 1.32. The van der Waals surface area contributed by atoms with Gasteiger partial charge >= 0.3 is 12.1 Å². The number of hydrogen-bond acceptors (Lipinski definition) is 5. The van der Waals surface area contributed by atoms with E-state index in [2.05, 4.69) is 4.90 Å². The first-order chi connectivity index (χ1) is 15.1. The second-order valence-corrected chi connectivity index (χ2v) is 9.58. The molecule has 0 aliphatic carbocycles. The second kappa shape index (κ2) is 10.1. The number of carbonyl (C=O) groups is 2. The van der Waals surface area contributed by atoms with Gasteiger partial charge in [-0.25, -0.2) is 4.79 Å². The molecule has 1 aliphatic heterocycles. The minimum atomic E-state index is -0.669. The van der Waals surface area contributed by atoms with E-state index >= 15 is 0 Å². The van der Waals surface area contributed by atoms with Crippen LogP contribution >= 0.6 is 23.2 Å². The molecule has 172 valence electrons. The average molecular weight is 479 g/mol. The van der Waals surface area contributed by atoms with Crippen LogP contribution in [0.5, 0.6) is 0 Å². The van der Waals surface area contributed by atoms with Crippen molar-refractivity contribution in [3.63, 3.8) is 0 Å². The third-order valence-electron chi connectivity index (χ3n) is 5.25. The number of esters is 1. The average Bonchev–Trinajstić information content (AvgIpc) is 2.75. The molecular weight excluding hydrogens is 451 g/mol. The van der Waals surface area contributed by atoms with Gasteiger partial charge in [-0.3, -0.25) is 9.69 Å². The number of hydrogen-bond donors (Lipinski definition) is 0. The summed E-state index contributed by atoms with van der Waals surface area (Å²) in [5, 5.41) is 1.26. The van der Waals surface area contributed by atoms with Gasteiger partial charge in [0.15, 0.2) is 0 Å². The van der Waals surface area contributed by atoms with Gasteiger partial charge in [0.2, 0.25) is 0 Å². The minimum absolute atomic E-state index is 0.166. The molecule has 1 unspecified atom stereocenters. The Kier molecular flexibility index (Phi) is 7.70. The van der Waals surface area contributed by atoms with Crippen molar-refractivity contribution in [3.05, 3.63) is 69.7 Å². The molecule has 1 fully saturated rings. The normalized spacial score (nSPS) is 17.3. The van der Waals surface area contributed by atoms with Gasteiger partial charge in [-0.05, 0) is 56.2 Å². The molecule has 0 spiro atoms. The fourth-order valence-corrected chi connectivity index (χ4v) is 4.06. The first-order valence-electron chi connectivity index (χ1n) is 10.4. The molecule has 1 saturated heterocycles. The SMILES string of the molecule is COC(=O)C1CN(C(=O)OC(C)(C)C)CCN1C(c1ccc(Cl)cc1)c1ccc(Cl)cc1. The Hall–Kier alpha value is -2.28. The fraction of sp³-hybridized carbons (Fsp3) is 0.417. The van der Waals surface area contributed by atoms with Gasteiger partial charge < -0.3 is 14.4 Å². The van der Waals surface area contributed by atoms with E-state index in [1.165, 1.54) is 7.11 Å². The lowest BCUT2D eigenvalue weighted by atomic mass is 9.94. The zero-order valence-electron chi connectivity index (χ0n) is 18.7. The molecule has 0 saturated carbocycles. The van der Waals surface area contributed by atoms with E-state index in [1.54, 1.807) is 4.90 Å². The number of halogens is 2. The Labute approximate surface area is 199 Å². The van der Waals surface area contributed by atoms with Gasteiger partial charge in [0.25, 0.3) is 0 Å². The van der Waals surface area contributed by atoms with Gasteiger partial charge in [0.05, 0.1) is 19.7 Å². The highest BCUT2D eigenvalue weighted by molar-refractivity contribution is 6.30. The van der Waals surface area contributed by atoms with Gasteiger partial charge in [-0.15, -0.1) is 0 Å². The number of amides is 1. The Morgan fingerprint density at radius 1 is 0.938 bits per heavy atom. The maximum Gasteiger partial charge on any atom is 0.410 e. The lowest BCUT2D eigenvalue weighted by Crippen LogP contribution is -2.59. The van der Waals surface area contributed by atoms with Crippen LogP contribution in [-0.2, 0) is 14.3 Å². The standard InChI is InChI=1S/C24H28Cl2N2O4/c1-24(2,3)32-23(30)27-13-14-28(20(15-27)22(29)31-4)21(16-5-9-18(25)10-6-16)17-7-11-19(26)12-8-17/h5-12,20-21H,13-15H2,1-4H3. The summed E-state index contributed by atoms with van der Waals surface area (Å²) in [6.45, 7) is 6.48. The number of piperazine rings is 1. The van der Waals surface area contributed by atoms with E-state index in [9.17, 15) is 9.59 Å². The molecule has 3 rings (SSSR count). The molecule has 2 aromatic rings. The molecular formula is C24H28Cl2N2O4. The molecule has 0 bridgehead atoms. The maximum absolute atomic E-state index is 12.8. The number of carbonyl (C=O) groups excluding carboxylic acids is 2. The molecule has 2 aromatic carbocycles. The van der Waals surface area contributed by atoms with Crippen molar-refractivity contribution < 1.29 is 19.1 Å². The highest BCUT2D eigenvalue weighted by atomic mass is 35.5. The summed E-state index contributed by atoms with van der Waals surface area (Å²) in [6.07, 6.45) is -0.444. The first kappa shape index (κ1) is 24.4. The molecule has 0 radical (unpaired) electrons. The summed E-state index contributed by atoms with van der Waals surface area (Å²) < 4.78 is 10.6. The summed E-state index contributed by atoms with van der Waals surface area (Å²) in [6, 6.07) is 14.1. The lowest BCUT2D eigenvalue weighted by Gasteiger charge is -2.44. The largest absolute Gasteiger partial charge is 0.468 e. The van der Waals surface area contributed by atoms with Crippen LogP contribution in [0.15, 0.2) is 48.5 Å². The summed E-state index contributed by atoms with van der Waals surface area (Å²) in [7, 11) is 1.35. The Bertz CT molecular complexity index is 896. The Balaban J connectivity index is 1.97. The van der Waals surface area contributed by atoms with E-state index in [0.717, 1.165) is 11.1 Å². The van der Waals surface area contributed by atoms with Crippen molar-refractivity contribution in [2.24, 2.45) is 0 Å². The van der Waals surface area contributed by atoms with Crippen molar-refractivity contribution in [1.29, 1.82) is 0 Å². The molecule has 1 heterocycles.